The third-order valence-electron chi connectivity index (χ3n) is 4.44. The van der Waals surface area contributed by atoms with Crippen molar-refractivity contribution in [1.82, 2.24) is 20.2 Å². The number of nitrogens with zero attached hydrogens (tertiary/aromatic N) is 3. The normalized spacial score (nSPS) is 11.0. The fraction of sp³-hybridized carbons (Fsp3) is 0.273. The number of methoxy groups -OCH3 is 1. The first-order valence-electron chi connectivity index (χ1n) is 9.62. The Balaban J connectivity index is 0.00000320. The van der Waals surface area contributed by atoms with Crippen LogP contribution in [0.1, 0.15) is 18.1 Å². The molecule has 0 radical (unpaired) electrons. The van der Waals surface area contributed by atoms with Crippen LogP contribution >= 0.6 is 24.0 Å². The molecule has 8 heteroatoms. The van der Waals surface area contributed by atoms with Gasteiger partial charge < -0.3 is 19.9 Å². The lowest BCUT2D eigenvalue weighted by molar-refractivity contribution is 0.409. The number of hydrogen-bond donors (Lipinski definition) is 2. The highest BCUT2D eigenvalue weighted by Crippen LogP contribution is 2.17. The second kappa shape index (κ2) is 12.2. The number of aromatic nitrogens is 2. The van der Waals surface area contributed by atoms with E-state index in [0.29, 0.717) is 24.7 Å². The molecule has 0 fully saturated rings. The number of aliphatic imine (C=N–C) groups is 1. The van der Waals surface area contributed by atoms with Gasteiger partial charge in [0, 0.05) is 25.5 Å². The predicted molar refractivity (Wildman–Crippen MR) is 128 cm³/mol. The van der Waals surface area contributed by atoms with E-state index in [1.54, 1.807) is 36.5 Å². The van der Waals surface area contributed by atoms with Gasteiger partial charge in [-0.05, 0) is 42.7 Å². The maximum absolute atomic E-state index is 14.4. The van der Waals surface area contributed by atoms with E-state index in [1.807, 2.05) is 31.2 Å². The van der Waals surface area contributed by atoms with Crippen LogP contribution in [0, 0.1) is 5.82 Å². The number of benzene rings is 2. The molecule has 0 aliphatic heterocycles. The Morgan fingerprint density at radius 2 is 2.03 bits per heavy atom. The standard InChI is InChI=1S/C22H26FN5O.HI/c1-3-25-22(26-11-10-18-6-4-5-7-21(18)29-2)27-15-17-8-9-20(19(23)14-17)28-13-12-24-16-28;/h4-9,12-14,16H,3,10-11,15H2,1-2H3,(H2,25,26,27);1H. The second-order valence-electron chi connectivity index (χ2n) is 6.44. The van der Waals surface area contributed by atoms with Crippen molar-refractivity contribution >= 4 is 29.9 Å². The third kappa shape index (κ3) is 6.45. The van der Waals surface area contributed by atoms with E-state index in [-0.39, 0.29) is 29.8 Å². The molecule has 30 heavy (non-hydrogen) atoms. The molecule has 160 valence electrons. The van der Waals surface area contributed by atoms with Crippen molar-refractivity contribution in [3.8, 4) is 11.4 Å². The van der Waals surface area contributed by atoms with Gasteiger partial charge in [0.05, 0.1) is 25.7 Å². The fourth-order valence-electron chi connectivity index (χ4n) is 3.00. The van der Waals surface area contributed by atoms with Gasteiger partial charge in [0.2, 0.25) is 0 Å². The first-order chi connectivity index (χ1) is 14.2. The molecule has 0 aliphatic carbocycles. The number of imidazole rings is 1. The first kappa shape index (κ1) is 23.7. The lowest BCUT2D eigenvalue weighted by atomic mass is 10.1. The SMILES string of the molecule is CCNC(=NCc1ccc(-n2ccnc2)c(F)c1)NCCc1ccccc1OC.I. The van der Waals surface area contributed by atoms with Gasteiger partial charge in [-0.2, -0.15) is 0 Å². The van der Waals surface area contributed by atoms with Crippen molar-refractivity contribution in [3.63, 3.8) is 0 Å². The number of rotatable bonds is 8. The Kier molecular flexibility index (Phi) is 9.59. The van der Waals surface area contributed by atoms with E-state index in [1.165, 1.54) is 6.07 Å². The summed E-state index contributed by atoms with van der Waals surface area (Å²) in [4.78, 5) is 8.52. The summed E-state index contributed by atoms with van der Waals surface area (Å²) in [5.41, 5.74) is 2.40. The van der Waals surface area contributed by atoms with E-state index in [4.69, 9.17) is 4.74 Å². The van der Waals surface area contributed by atoms with Gasteiger partial charge in [0.25, 0.3) is 0 Å². The van der Waals surface area contributed by atoms with E-state index < -0.39 is 0 Å². The second-order valence-corrected chi connectivity index (χ2v) is 6.44. The van der Waals surface area contributed by atoms with E-state index in [2.05, 4.69) is 26.7 Å². The molecule has 3 aromatic rings. The number of hydrogen-bond acceptors (Lipinski definition) is 3. The third-order valence-corrected chi connectivity index (χ3v) is 4.44. The Labute approximate surface area is 193 Å². The molecule has 6 nitrogen and oxygen atoms in total. The number of para-hydroxylation sites is 1. The zero-order chi connectivity index (χ0) is 20.5. The molecule has 3 rings (SSSR count). The minimum atomic E-state index is -0.301. The quantitative estimate of drug-likeness (QED) is 0.267. The summed E-state index contributed by atoms with van der Waals surface area (Å²) in [5.74, 6) is 1.27. The topological polar surface area (TPSA) is 63.5 Å². The Bertz CT molecular complexity index is 946. The van der Waals surface area contributed by atoms with E-state index >= 15 is 0 Å². The zero-order valence-corrected chi connectivity index (χ0v) is 19.5. The van der Waals surface area contributed by atoms with Crippen molar-refractivity contribution < 1.29 is 9.13 Å². The Hall–Kier alpha value is -2.62. The van der Waals surface area contributed by atoms with E-state index in [9.17, 15) is 4.39 Å². The molecular formula is C22H27FIN5O. The van der Waals surface area contributed by atoms with Crippen LogP contribution in [0.3, 0.4) is 0 Å². The first-order valence-corrected chi connectivity index (χ1v) is 9.62. The molecule has 1 aromatic heterocycles. The lowest BCUT2D eigenvalue weighted by Gasteiger charge is -2.13. The smallest absolute Gasteiger partial charge is 0.191 e. The summed E-state index contributed by atoms with van der Waals surface area (Å²) in [6.07, 6.45) is 5.72. The van der Waals surface area contributed by atoms with Crippen LogP contribution < -0.4 is 15.4 Å². The average molecular weight is 523 g/mol. The van der Waals surface area contributed by atoms with Crippen LogP contribution in [-0.4, -0.2) is 35.7 Å². The molecule has 1 heterocycles. The molecule has 0 amide bonds. The molecule has 0 saturated carbocycles. The highest BCUT2D eigenvalue weighted by atomic mass is 127. The fourth-order valence-corrected chi connectivity index (χ4v) is 3.00. The number of halogens is 2. The van der Waals surface area contributed by atoms with E-state index in [0.717, 1.165) is 29.8 Å². The summed E-state index contributed by atoms with van der Waals surface area (Å²) in [6.45, 7) is 3.84. The van der Waals surface area contributed by atoms with Gasteiger partial charge >= 0.3 is 0 Å². The van der Waals surface area contributed by atoms with Crippen LogP contribution in [0.25, 0.3) is 5.69 Å². The van der Waals surface area contributed by atoms with Gasteiger partial charge in [0.15, 0.2) is 5.96 Å². The predicted octanol–water partition coefficient (Wildman–Crippen LogP) is 3.94. The summed E-state index contributed by atoms with van der Waals surface area (Å²) in [7, 11) is 1.68. The van der Waals surface area contributed by atoms with Crippen LogP contribution in [0.15, 0.2) is 66.2 Å². The molecule has 0 aliphatic rings. The minimum absolute atomic E-state index is 0. The van der Waals surface area contributed by atoms with Crippen molar-refractivity contribution in [3.05, 3.63) is 78.1 Å². The van der Waals surface area contributed by atoms with Gasteiger partial charge in [-0.25, -0.2) is 14.4 Å². The average Bonchev–Trinajstić information content (AvgIpc) is 3.27. The highest BCUT2D eigenvalue weighted by Gasteiger charge is 2.06. The maximum Gasteiger partial charge on any atom is 0.191 e. The minimum Gasteiger partial charge on any atom is -0.496 e. The Morgan fingerprint density at radius 3 is 2.73 bits per heavy atom. The number of guanidine groups is 1. The summed E-state index contributed by atoms with van der Waals surface area (Å²) in [5, 5.41) is 6.53. The largest absolute Gasteiger partial charge is 0.496 e. The molecule has 0 atom stereocenters. The molecule has 2 aromatic carbocycles. The number of nitrogens with one attached hydrogen (secondary N) is 2. The maximum atomic E-state index is 14.4. The number of ether oxygens (including phenoxy) is 1. The molecule has 0 spiro atoms. The lowest BCUT2D eigenvalue weighted by Crippen LogP contribution is -2.38. The van der Waals surface area contributed by atoms with Crippen molar-refractivity contribution in [2.24, 2.45) is 4.99 Å². The molecule has 2 N–H and O–H groups in total. The summed E-state index contributed by atoms with van der Waals surface area (Å²) < 4.78 is 21.4. The molecule has 0 bridgehead atoms. The summed E-state index contributed by atoms with van der Waals surface area (Å²) >= 11 is 0. The van der Waals surface area contributed by atoms with Gasteiger partial charge in [-0.3, -0.25) is 0 Å². The molecule has 0 unspecified atom stereocenters. The van der Waals surface area contributed by atoms with Crippen LogP contribution in [-0.2, 0) is 13.0 Å². The zero-order valence-electron chi connectivity index (χ0n) is 17.1. The van der Waals surface area contributed by atoms with Crippen molar-refractivity contribution in [2.75, 3.05) is 20.2 Å². The van der Waals surface area contributed by atoms with Crippen LogP contribution in [0.5, 0.6) is 5.75 Å². The highest BCUT2D eigenvalue weighted by molar-refractivity contribution is 14.0. The molecular weight excluding hydrogens is 496 g/mol. The van der Waals surface area contributed by atoms with Gasteiger partial charge in [-0.1, -0.05) is 24.3 Å². The van der Waals surface area contributed by atoms with Gasteiger partial charge in [-0.15, -0.1) is 24.0 Å². The Morgan fingerprint density at radius 1 is 1.20 bits per heavy atom. The van der Waals surface area contributed by atoms with Crippen LogP contribution in [0.2, 0.25) is 0 Å². The summed E-state index contributed by atoms with van der Waals surface area (Å²) in [6, 6.07) is 13.1. The monoisotopic (exact) mass is 523 g/mol. The van der Waals surface area contributed by atoms with Crippen LogP contribution in [0.4, 0.5) is 4.39 Å². The van der Waals surface area contributed by atoms with Crippen molar-refractivity contribution in [2.45, 2.75) is 19.9 Å². The molecule has 0 saturated heterocycles. The van der Waals surface area contributed by atoms with Gasteiger partial charge in [0.1, 0.15) is 11.6 Å². The van der Waals surface area contributed by atoms with Crippen molar-refractivity contribution in [1.29, 1.82) is 0 Å².